The average molecular weight is 480 g/mol. The summed E-state index contributed by atoms with van der Waals surface area (Å²) in [7, 11) is 0. The van der Waals surface area contributed by atoms with Crippen molar-refractivity contribution in [2.24, 2.45) is 0 Å². The van der Waals surface area contributed by atoms with Gasteiger partial charge in [-0.15, -0.1) is 11.3 Å². The molecule has 3 aromatic rings. The Balaban J connectivity index is 1.57. The lowest BCUT2D eigenvalue weighted by Gasteiger charge is -2.22. The number of thiazole rings is 1. The number of ether oxygens (including phenoxy) is 1. The summed E-state index contributed by atoms with van der Waals surface area (Å²) in [5.41, 5.74) is 6.51. The van der Waals surface area contributed by atoms with Gasteiger partial charge < -0.3 is 20.1 Å². The molecule has 2 N–H and O–H groups in total. The van der Waals surface area contributed by atoms with E-state index < -0.39 is 6.09 Å². The molecule has 8 heteroatoms. The van der Waals surface area contributed by atoms with Gasteiger partial charge in [-0.05, 0) is 48.6 Å². The maximum Gasteiger partial charge on any atom is 0.407 e. The van der Waals surface area contributed by atoms with Crippen LogP contribution in [0.15, 0.2) is 36.4 Å². The second-order valence-electron chi connectivity index (χ2n) is 8.43. The minimum Gasteiger partial charge on any atom is -0.493 e. The summed E-state index contributed by atoms with van der Waals surface area (Å²) in [6.07, 6.45) is 0.509. The number of amides is 2. The van der Waals surface area contributed by atoms with Gasteiger partial charge in [-0.1, -0.05) is 30.3 Å². The van der Waals surface area contributed by atoms with Crippen LogP contribution in [0.1, 0.15) is 35.0 Å². The van der Waals surface area contributed by atoms with Crippen molar-refractivity contribution in [3.8, 4) is 27.4 Å². The fourth-order valence-electron chi connectivity index (χ4n) is 4.21. The smallest absolute Gasteiger partial charge is 0.407 e. The maximum absolute atomic E-state index is 11.4. The van der Waals surface area contributed by atoms with E-state index in [9.17, 15) is 14.7 Å². The van der Waals surface area contributed by atoms with E-state index in [4.69, 9.17) is 9.72 Å². The van der Waals surface area contributed by atoms with Gasteiger partial charge in [0.15, 0.2) is 0 Å². The molecule has 4 rings (SSSR count). The Bertz CT molecular complexity index is 1220. The molecule has 0 aliphatic carbocycles. The minimum absolute atomic E-state index is 0.0335. The first-order chi connectivity index (χ1) is 16.3. The first-order valence-electron chi connectivity index (χ1n) is 11.4. The number of fused-ring (bicyclic) bond motifs is 1. The largest absolute Gasteiger partial charge is 0.493 e. The predicted molar refractivity (Wildman–Crippen MR) is 133 cm³/mol. The zero-order chi connectivity index (χ0) is 24.2. The molecule has 1 aromatic heterocycles. The normalized spacial score (nSPS) is 12.9. The highest BCUT2D eigenvalue weighted by Crippen LogP contribution is 2.38. The Morgan fingerprint density at radius 2 is 1.82 bits per heavy atom. The molecule has 7 nitrogen and oxygen atoms in total. The van der Waals surface area contributed by atoms with Crippen molar-refractivity contribution in [1.29, 1.82) is 0 Å². The van der Waals surface area contributed by atoms with E-state index in [1.165, 1.54) is 11.8 Å². The van der Waals surface area contributed by atoms with E-state index in [2.05, 4.69) is 37.4 Å². The van der Waals surface area contributed by atoms with Gasteiger partial charge >= 0.3 is 6.09 Å². The third-order valence-electron chi connectivity index (χ3n) is 6.09. The van der Waals surface area contributed by atoms with E-state index in [0.717, 1.165) is 55.6 Å². The molecule has 2 aromatic carbocycles. The molecule has 0 atom stereocenters. The number of aromatic nitrogens is 1. The minimum atomic E-state index is -0.883. The Hall–Kier alpha value is -3.39. The SMILES string of the molecule is CC(=O)NCCCOc1cccc(-c2cccc(-c3nc4c(s3)CN(C(=O)O)CC4)c2C)c1C. The number of hydrogen-bond donors (Lipinski definition) is 2. The number of nitrogens with one attached hydrogen (secondary N) is 1. The van der Waals surface area contributed by atoms with Crippen LogP contribution in [0.5, 0.6) is 5.75 Å². The molecule has 0 spiro atoms. The van der Waals surface area contributed by atoms with Crippen molar-refractivity contribution in [2.45, 2.75) is 40.2 Å². The number of rotatable bonds is 7. The second-order valence-corrected chi connectivity index (χ2v) is 9.52. The van der Waals surface area contributed by atoms with Crippen LogP contribution in [0, 0.1) is 13.8 Å². The molecule has 0 unspecified atom stereocenters. The third kappa shape index (κ3) is 5.07. The fraction of sp³-hybridized carbons (Fsp3) is 0.346. The van der Waals surface area contributed by atoms with E-state index >= 15 is 0 Å². The van der Waals surface area contributed by atoms with Crippen LogP contribution in [0.3, 0.4) is 0 Å². The lowest BCUT2D eigenvalue weighted by molar-refractivity contribution is -0.118. The molecule has 0 radical (unpaired) electrons. The van der Waals surface area contributed by atoms with Crippen molar-refractivity contribution >= 4 is 23.3 Å². The summed E-state index contributed by atoms with van der Waals surface area (Å²) < 4.78 is 6.01. The molecule has 1 aliphatic rings. The number of carbonyl (C=O) groups excluding carboxylic acids is 1. The molecule has 2 amide bonds. The van der Waals surface area contributed by atoms with Crippen molar-refractivity contribution in [1.82, 2.24) is 15.2 Å². The zero-order valence-electron chi connectivity index (χ0n) is 19.7. The first kappa shape index (κ1) is 23.8. The standard InChI is InChI=1S/C26H29N3O4S/c1-16-19(20-8-5-10-23(17(20)2)33-14-6-12-27-18(3)30)7-4-9-21(16)25-28-22-11-13-29(26(31)32)15-24(22)34-25/h4-5,7-10H,6,11-15H2,1-3H3,(H,27,30)(H,31,32). The van der Waals surface area contributed by atoms with Crippen LogP contribution in [0.2, 0.25) is 0 Å². The highest BCUT2D eigenvalue weighted by molar-refractivity contribution is 7.15. The van der Waals surface area contributed by atoms with Gasteiger partial charge in [0.1, 0.15) is 10.8 Å². The molecule has 0 saturated carbocycles. The van der Waals surface area contributed by atoms with Gasteiger partial charge in [-0.25, -0.2) is 9.78 Å². The second kappa shape index (κ2) is 10.3. The summed E-state index contributed by atoms with van der Waals surface area (Å²) in [5, 5.41) is 13.0. The summed E-state index contributed by atoms with van der Waals surface area (Å²) in [6.45, 7) is 7.69. The molecular formula is C26H29N3O4S. The third-order valence-corrected chi connectivity index (χ3v) is 7.21. The highest BCUT2D eigenvalue weighted by atomic mass is 32.1. The van der Waals surface area contributed by atoms with E-state index in [-0.39, 0.29) is 5.91 Å². The molecule has 178 valence electrons. The zero-order valence-corrected chi connectivity index (χ0v) is 20.5. The van der Waals surface area contributed by atoms with Crippen LogP contribution < -0.4 is 10.1 Å². The molecule has 1 aliphatic heterocycles. The maximum atomic E-state index is 11.4. The van der Waals surface area contributed by atoms with E-state index in [0.29, 0.717) is 32.7 Å². The lowest BCUT2D eigenvalue weighted by Crippen LogP contribution is -2.34. The Morgan fingerprint density at radius 1 is 1.12 bits per heavy atom. The van der Waals surface area contributed by atoms with Crippen LogP contribution in [-0.2, 0) is 17.8 Å². The Morgan fingerprint density at radius 3 is 2.56 bits per heavy atom. The fourth-order valence-corrected chi connectivity index (χ4v) is 5.42. The van der Waals surface area contributed by atoms with Crippen molar-refractivity contribution in [3.05, 3.63) is 58.1 Å². The van der Waals surface area contributed by atoms with Gasteiger partial charge in [0.05, 0.1) is 18.8 Å². The summed E-state index contributed by atoms with van der Waals surface area (Å²) in [5.74, 6) is 0.803. The number of hydrogen-bond acceptors (Lipinski definition) is 5. The Kier molecular flexibility index (Phi) is 7.17. The summed E-state index contributed by atoms with van der Waals surface area (Å²) in [6, 6.07) is 12.3. The van der Waals surface area contributed by atoms with Crippen LogP contribution in [0.4, 0.5) is 4.79 Å². The van der Waals surface area contributed by atoms with Crippen LogP contribution in [-0.4, -0.2) is 46.7 Å². The monoisotopic (exact) mass is 479 g/mol. The van der Waals surface area contributed by atoms with Gasteiger partial charge in [-0.3, -0.25) is 4.79 Å². The van der Waals surface area contributed by atoms with Gasteiger partial charge in [-0.2, -0.15) is 0 Å². The average Bonchev–Trinajstić information content (AvgIpc) is 3.23. The molecule has 0 fully saturated rings. The number of benzene rings is 2. The van der Waals surface area contributed by atoms with Crippen molar-refractivity contribution in [2.75, 3.05) is 19.7 Å². The quantitative estimate of drug-likeness (QED) is 0.464. The van der Waals surface area contributed by atoms with E-state index in [1.54, 1.807) is 11.3 Å². The van der Waals surface area contributed by atoms with Crippen molar-refractivity contribution in [3.63, 3.8) is 0 Å². The summed E-state index contributed by atoms with van der Waals surface area (Å²) >= 11 is 1.58. The molecule has 2 heterocycles. The van der Waals surface area contributed by atoms with Crippen LogP contribution in [0.25, 0.3) is 21.7 Å². The number of carboxylic acid groups (broad SMARTS) is 1. The molecule has 0 saturated heterocycles. The summed E-state index contributed by atoms with van der Waals surface area (Å²) in [4.78, 5) is 29.7. The number of carbonyl (C=O) groups is 2. The number of nitrogens with zero attached hydrogens (tertiary/aromatic N) is 2. The predicted octanol–water partition coefficient (Wildman–Crippen LogP) is 5.04. The topological polar surface area (TPSA) is 91.8 Å². The Labute approximate surface area is 203 Å². The van der Waals surface area contributed by atoms with Crippen LogP contribution >= 0.6 is 11.3 Å². The van der Waals surface area contributed by atoms with E-state index in [1.807, 2.05) is 18.2 Å². The van der Waals surface area contributed by atoms with Gasteiger partial charge in [0.25, 0.3) is 0 Å². The van der Waals surface area contributed by atoms with Gasteiger partial charge in [0, 0.05) is 36.9 Å². The molecular weight excluding hydrogens is 450 g/mol. The first-order valence-corrected chi connectivity index (χ1v) is 12.2. The van der Waals surface area contributed by atoms with Crippen molar-refractivity contribution < 1.29 is 19.4 Å². The lowest BCUT2D eigenvalue weighted by atomic mass is 9.93. The molecule has 34 heavy (non-hydrogen) atoms. The molecule has 0 bridgehead atoms. The highest BCUT2D eigenvalue weighted by Gasteiger charge is 2.24. The van der Waals surface area contributed by atoms with Gasteiger partial charge in [0.2, 0.25) is 5.91 Å².